The van der Waals surface area contributed by atoms with E-state index in [-0.39, 0.29) is 22.8 Å². The van der Waals surface area contributed by atoms with E-state index in [0.29, 0.717) is 16.3 Å². The number of amides is 1. The molecule has 2 rings (SSSR count). The van der Waals surface area contributed by atoms with Crippen molar-refractivity contribution in [2.24, 2.45) is 10.8 Å². The number of nitrogens with two attached hydrogens (primary N) is 1. The lowest BCUT2D eigenvalue weighted by Crippen LogP contribution is -2.30. The van der Waals surface area contributed by atoms with Gasteiger partial charge in [-0.1, -0.05) is 45.4 Å². The van der Waals surface area contributed by atoms with Gasteiger partial charge in [0.15, 0.2) is 0 Å². The Kier molecular flexibility index (Phi) is 2.85. The molecule has 1 aromatic carbocycles. The van der Waals surface area contributed by atoms with Crippen molar-refractivity contribution in [1.82, 2.24) is 5.32 Å². The first-order valence-electron chi connectivity index (χ1n) is 6.04. The molecule has 0 aromatic heterocycles. The number of anilines is 1. The summed E-state index contributed by atoms with van der Waals surface area (Å²) in [5.41, 5.74) is 6.78. The molecule has 1 fully saturated rings. The third-order valence-electron chi connectivity index (χ3n) is 4.57. The van der Waals surface area contributed by atoms with Gasteiger partial charge in [0.25, 0.3) is 5.91 Å². The Morgan fingerprint density at radius 2 is 1.83 bits per heavy atom. The van der Waals surface area contributed by atoms with E-state index in [0.717, 1.165) is 0 Å². The van der Waals surface area contributed by atoms with E-state index >= 15 is 0 Å². The maximum Gasteiger partial charge on any atom is 0.253 e. The van der Waals surface area contributed by atoms with Crippen LogP contribution in [0.15, 0.2) is 18.2 Å². The molecule has 0 bridgehead atoms. The van der Waals surface area contributed by atoms with Crippen LogP contribution in [0.3, 0.4) is 0 Å². The lowest BCUT2D eigenvalue weighted by molar-refractivity contribution is 0.0944. The average Bonchev–Trinajstić information content (AvgIpc) is 2.65. The van der Waals surface area contributed by atoms with Gasteiger partial charge in [0.2, 0.25) is 0 Å². The van der Waals surface area contributed by atoms with Gasteiger partial charge >= 0.3 is 0 Å². The Bertz CT molecular complexity index is 495. The van der Waals surface area contributed by atoms with Gasteiger partial charge in [-0.3, -0.25) is 4.79 Å². The largest absolute Gasteiger partial charge is 0.398 e. The van der Waals surface area contributed by atoms with Gasteiger partial charge in [-0.25, -0.2) is 0 Å². The highest BCUT2D eigenvalue weighted by Crippen LogP contribution is 2.62. The zero-order chi connectivity index (χ0) is 13.7. The summed E-state index contributed by atoms with van der Waals surface area (Å²) in [5, 5.41) is 3.37. The molecule has 0 atom stereocenters. The molecule has 1 saturated carbocycles. The number of nitrogens with one attached hydrogen (secondary N) is 1. The molecular formula is C14H19ClN2O. The van der Waals surface area contributed by atoms with Gasteiger partial charge in [-0.05, 0) is 23.0 Å². The summed E-state index contributed by atoms with van der Waals surface area (Å²) in [6.07, 6.45) is 0. The van der Waals surface area contributed by atoms with Crippen molar-refractivity contribution in [3.63, 3.8) is 0 Å². The van der Waals surface area contributed by atoms with Crippen LogP contribution in [0.2, 0.25) is 5.02 Å². The second kappa shape index (κ2) is 3.89. The number of hydrogen-bond acceptors (Lipinski definition) is 2. The Labute approximate surface area is 113 Å². The van der Waals surface area contributed by atoms with E-state index in [4.69, 9.17) is 17.3 Å². The molecule has 98 valence electrons. The minimum atomic E-state index is -0.157. The van der Waals surface area contributed by atoms with Crippen LogP contribution in [-0.4, -0.2) is 11.9 Å². The van der Waals surface area contributed by atoms with Gasteiger partial charge in [-0.15, -0.1) is 0 Å². The van der Waals surface area contributed by atoms with Crippen LogP contribution in [0.1, 0.15) is 38.1 Å². The van der Waals surface area contributed by atoms with Crippen molar-refractivity contribution in [2.75, 3.05) is 5.73 Å². The number of carbonyl (C=O) groups excluding carboxylic acids is 1. The molecule has 0 unspecified atom stereocenters. The van der Waals surface area contributed by atoms with E-state index in [1.165, 1.54) is 0 Å². The zero-order valence-corrected chi connectivity index (χ0v) is 11.9. The molecule has 0 aliphatic heterocycles. The van der Waals surface area contributed by atoms with Crippen molar-refractivity contribution >= 4 is 23.2 Å². The lowest BCUT2D eigenvalue weighted by Gasteiger charge is -2.09. The summed E-state index contributed by atoms with van der Waals surface area (Å²) in [6, 6.07) is 5.27. The van der Waals surface area contributed by atoms with Crippen LogP contribution in [0, 0.1) is 10.8 Å². The number of benzene rings is 1. The maximum atomic E-state index is 12.2. The van der Waals surface area contributed by atoms with Crippen molar-refractivity contribution in [3.8, 4) is 0 Å². The van der Waals surface area contributed by atoms with Crippen LogP contribution in [0.5, 0.6) is 0 Å². The summed E-state index contributed by atoms with van der Waals surface area (Å²) < 4.78 is 0. The topological polar surface area (TPSA) is 55.1 Å². The lowest BCUT2D eigenvalue weighted by atomic mass is 10.0. The SMILES string of the molecule is CC1(C)C(NC(=O)c2cccc(N)c2Cl)C1(C)C. The van der Waals surface area contributed by atoms with Gasteiger partial charge in [0.1, 0.15) is 0 Å². The number of nitrogen functional groups attached to an aromatic ring is 1. The third kappa shape index (κ3) is 1.77. The van der Waals surface area contributed by atoms with Crippen molar-refractivity contribution in [2.45, 2.75) is 33.7 Å². The fourth-order valence-electron chi connectivity index (χ4n) is 2.49. The van der Waals surface area contributed by atoms with Gasteiger partial charge in [-0.2, -0.15) is 0 Å². The predicted molar refractivity (Wildman–Crippen MR) is 74.7 cm³/mol. The fraction of sp³-hybridized carbons (Fsp3) is 0.500. The maximum absolute atomic E-state index is 12.2. The first kappa shape index (κ1) is 13.2. The van der Waals surface area contributed by atoms with E-state index in [2.05, 4.69) is 33.0 Å². The molecule has 4 heteroatoms. The minimum Gasteiger partial charge on any atom is -0.398 e. The predicted octanol–water partition coefficient (Wildman–Crippen LogP) is 3.09. The summed E-state index contributed by atoms with van der Waals surface area (Å²) in [5.74, 6) is -0.157. The Balaban J connectivity index is 2.18. The first-order chi connectivity index (χ1) is 8.19. The highest BCUT2D eigenvalue weighted by atomic mass is 35.5. The summed E-state index contributed by atoms with van der Waals surface area (Å²) in [6.45, 7) is 8.61. The number of rotatable bonds is 2. The number of carbonyl (C=O) groups is 1. The molecule has 0 saturated heterocycles. The molecular weight excluding hydrogens is 248 g/mol. The minimum absolute atomic E-state index is 0.107. The molecule has 1 aromatic rings. The first-order valence-corrected chi connectivity index (χ1v) is 6.42. The highest BCUT2D eigenvalue weighted by Gasteiger charge is 2.65. The Morgan fingerprint density at radius 1 is 1.28 bits per heavy atom. The van der Waals surface area contributed by atoms with Gasteiger partial charge < -0.3 is 11.1 Å². The molecule has 0 spiro atoms. The summed E-state index contributed by atoms with van der Waals surface area (Å²) in [4.78, 5) is 12.2. The van der Waals surface area contributed by atoms with E-state index < -0.39 is 0 Å². The quantitative estimate of drug-likeness (QED) is 0.809. The van der Waals surface area contributed by atoms with Crippen molar-refractivity contribution in [3.05, 3.63) is 28.8 Å². The van der Waals surface area contributed by atoms with E-state index in [9.17, 15) is 4.79 Å². The van der Waals surface area contributed by atoms with Crippen LogP contribution in [-0.2, 0) is 0 Å². The molecule has 0 radical (unpaired) electrons. The normalized spacial score (nSPS) is 20.5. The van der Waals surface area contributed by atoms with E-state index in [1.807, 2.05) is 0 Å². The van der Waals surface area contributed by atoms with Crippen LogP contribution < -0.4 is 11.1 Å². The number of hydrogen-bond donors (Lipinski definition) is 2. The van der Waals surface area contributed by atoms with Gasteiger partial charge in [0.05, 0.1) is 16.3 Å². The molecule has 0 heterocycles. The van der Waals surface area contributed by atoms with E-state index in [1.54, 1.807) is 18.2 Å². The molecule has 3 N–H and O–H groups in total. The van der Waals surface area contributed by atoms with Crippen LogP contribution in [0.4, 0.5) is 5.69 Å². The molecule has 1 amide bonds. The Hall–Kier alpha value is -1.22. The highest BCUT2D eigenvalue weighted by molar-refractivity contribution is 6.36. The molecule has 18 heavy (non-hydrogen) atoms. The van der Waals surface area contributed by atoms with Crippen LogP contribution >= 0.6 is 11.6 Å². The third-order valence-corrected chi connectivity index (χ3v) is 4.99. The molecule has 1 aliphatic rings. The monoisotopic (exact) mass is 266 g/mol. The summed E-state index contributed by atoms with van der Waals surface area (Å²) in [7, 11) is 0. The van der Waals surface area contributed by atoms with Crippen LogP contribution in [0.25, 0.3) is 0 Å². The van der Waals surface area contributed by atoms with Crippen molar-refractivity contribution in [1.29, 1.82) is 0 Å². The molecule has 3 nitrogen and oxygen atoms in total. The Morgan fingerprint density at radius 3 is 2.33 bits per heavy atom. The average molecular weight is 267 g/mol. The summed E-state index contributed by atoms with van der Waals surface area (Å²) >= 11 is 6.05. The molecule has 1 aliphatic carbocycles. The smallest absolute Gasteiger partial charge is 0.253 e. The number of halogens is 1. The second-order valence-electron chi connectivity index (χ2n) is 6.06. The van der Waals surface area contributed by atoms with Crippen molar-refractivity contribution < 1.29 is 4.79 Å². The second-order valence-corrected chi connectivity index (χ2v) is 6.44. The van der Waals surface area contributed by atoms with Gasteiger partial charge in [0, 0.05) is 6.04 Å². The fourth-order valence-corrected chi connectivity index (χ4v) is 2.70. The zero-order valence-electron chi connectivity index (χ0n) is 11.2. The standard InChI is InChI=1S/C14H19ClN2O/c1-13(2)12(14(13,3)4)17-11(18)8-6-5-7-9(16)10(8)15/h5-7,12H,16H2,1-4H3,(H,17,18).